The van der Waals surface area contributed by atoms with Gasteiger partial charge in [0, 0.05) is 16.2 Å². The summed E-state index contributed by atoms with van der Waals surface area (Å²) in [5.74, 6) is -0.294. The highest BCUT2D eigenvalue weighted by Crippen LogP contribution is 2.30. The molecule has 0 amide bonds. The average Bonchev–Trinajstić information content (AvgIpc) is 2.90. The number of esters is 1. The summed E-state index contributed by atoms with van der Waals surface area (Å²) in [6.45, 7) is 4.14. The maximum absolute atomic E-state index is 11.5. The minimum absolute atomic E-state index is 0.142. The minimum Gasteiger partial charge on any atom is -0.452 e. The van der Waals surface area contributed by atoms with Crippen LogP contribution in [0.1, 0.15) is 22.7 Å². The third kappa shape index (κ3) is 3.82. The molecular weight excluding hydrogens is 354 g/mol. The Morgan fingerprint density at radius 3 is 2.48 bits per heavy atom. The number of hydrogen-bond donors (Lipinski definition) is 1. The number of benzene rings is 2. The van der Waals surface area contributed by atoms with Crippen molar-refractivity contribution < 1.29 is 9.53 Å². The van der Waals surface area contributed by atoms with Crippen molar-refractivity contribution in [3.63, 3.8) is 0 Å². The summed E-state index contributed by atoms with van der Waals surface area (Å²) in [7, 11) is 0. The zero-order valence-electron chi connectivity index (χ0n) is 13.0. The Labute approximate surface area is 144 Å². The lowest BCUT2D eigenvalue weighted by Crippen LogP contribution is -2.25. The fraction of sp³-hybridized carbons (Fsp3) is 0.211. The van der Waals surface area contributed by atoms with E-state index in [1.54, 1.807) is 0 Å². The maximum atomic E-state index is 11.5. The SMILES string of the molecule is Cc1cc(C)cc(N[C@H](c2cccc(Br)c2)[C@@H]2C=CC(=O)O2)c1. The molecule has 2 atom stereocenters. The number of ether oxygens (including phenoxy) is 1. The molecule has 2 aromatic rings. The van der Waals surface area contributed by atoms with Gasteiger partial charge in [-0.15, -0.1) is 0 Å². The smallest absolute Gasteiger partial charge is 0.331 e. The van der Waals surface area contributed by atoms with E-state index < -0.39 is 0 Å². The molecule has 1 heterocycles. The normalized spacial score (nSPS) is 17.9. The number of nitrogens with one attached hydrogen (secondary N) is 1. The van der Waals surface area contributed by atoms with E-state index in [-0.39, 0.29) is 18.1 Å². The van der Waals surface area contributed by atoms with Gasteiger partial charge in [0.05, 0.1) is 6.04 Å². The number of halogens is 1. The highest BCUT2D eigenvalue weighted by Gasteiger charge is 2.28. The van der Waals surface area contributed by atoms with Crippen LogP contribution in [0.15, 0.2) is 59.1 Å². The molecule has 4 heteroatoms. The zero-order valence-corrected chi connectivity index (χ0v) is 14.6. The number of hydrogen-bond acceptors (Lipinski definition) is 3. The molecule has 1 N–H and O–H groups in total. The van der Waals surface area contributed by atoms with Crippen molar-refractivity contribution >= 4 is 27.6 Å². The molecule has 0 unspecified atom stereocenters. The maximum Gasteiger partial charge on any atom is 0.331 e. The molecule has 1 aliphatic heterocycles. The van der Waals surface area contributed by atoms with Crippen LogP contribution < -0.4 is 5.32 Å². The third-order valence-electron chi connectivity index (χ3n) is 3.75. The van der Waals surface area contributed by atoms with Crippen molar-refractivity contribution in [1.29, 1.82) is 0 Å². The van der Waals surface area contributed by atoms with Gasteiger partial charge in [-0.3, -0.25) is 0 Å². The molecule has 0 spiro atoms. The Morgan fingerprint density at radius 1 is 1.13 bits per heavy atom. The number of cyclic esters (lactones) is 1. The monoisotopic (exact) mass is 371 g/mol. The lowest BCUT2D eigenvalue weighted by molar-refractivity contribution is -0.139. The van der Waals surface area contributed by atoms with Gasteiger partial charge in [-0.2, -0.15) is 0 Å². The van der Waals surface area contributed by atoms with Crippen LogP contribution in [0, 0.1) is 13.8 Å². The molecule has 3 nitrogen and oxygen atoms in total. The predicted octanol–water partition coefficient (Wildman–Crippen LogP) is 4.70. The van der Waals surface area contributed by atoms with Crippen molar-refractivity contribution in [1.82, 2.24) is 0 Å². The van der Waals surface area contributed by atoms with Crippen molar-refractivity contribution in [2.75, 3.05) is 5.32 Å². The van der Waals surface area contributed by atoms with Gasteiger partial charge in [0.15, 0.2) is 0 Å². The van der Waals surface area contributed by atoms with E-state index in [9.17, 15) is 4.79 Å². The van der Waals surface area contributed by atoms with Crippen molar-refractivity contribution in [3.8, 4) is 0 Å². The molecule has 0 aliphatic carbocycles. The summed E-state index contributed by atoms with van der Waals surface area (Å²) in [5.41, 5.74) is 4.46. The Kier molecular flexibility index (Phi) is 4.53. The van der Waals surface area contributed by atoms with Crippen LogP contribution in [0.25, 0.3) is 0 Å². The lowest BCUT2D eigenvalue weighted by atomic mass is 10.0. The van der Waals surface area contributed by atoms with Crippen molar-refractivity contribution in [3.05, 3.63) is 75.8 Å². The summed E-state index contributed by atoms with van der Waals surface area (Å²) in [4.78, 5) is 11.5. The Morgan fingerprint density at radius 2 is 1.87 bits per heavy atom. The summed E-state index contributed by atoms with van der Waals surface area (Å²) in [5, 5.41) is 3.52. The van der Waals surface area contributed by atoms with E-state index in [4.69, 9.17) is 4.74 Å². The number of carbonyl (C=O) groups is 1. The standard InChI is InChI=1S/C19H18BrNO2/c1-12-8-13(2)10-16(9-12)21-19(17-6-7-18(22)23-17)14-4-3-5-15(20)11-14/h3-11,17,19,21H,1-2H3/t17-,19+/m0/s1. The van der Waals surface area contributed by atoms with E-state index in [2.05, 4.69) is 53.3 Å². The second-order valence-electron chi connectivity index (χ2n) is 5.81. The second kappa shape index (κ2) is 6.59. The van der Waals surface area contributed by atoms with Crippen LogP contribution in [0.5, 0.6) is 0 Å². The molecule has 2 aromatic carbocycles. The second-order valence-corrected chi connectivity index (χ2v) is 6.73. The fourth-order valence-corrected chi connectivity index (χ4v) is 3.27. The minimum atomic E-state index is -0.322. The molecule has 0 fully saturated rings. The molecule has 3 rings (SSSR count). The Balaban J connectivity index is 1.94. The largest absolute Gasteiger partial charge is 0.452 e. The fourth-order valence-electron chi connectivity index (χ4n) is 2.86. The molecule has 23 heavy (non-hydrogen) atoms. The van der Waals surface area contributed by atoms with Gasteiger partial charge >= 0.3 is 5.97 Å². The van der Waals surface area contributed by atoms with Gasteiger partial charge in [0.1, 0.15) is 6.10 Å². The lowest BCUT2D eigenvalue weighted by Gasteiger charge is -2.25. The number of aryl methyl sites for hydroxylation is 2. The zero-order chi connectivity index (χ0) is 16.4. The van der Waals surface area contributed by atoms with Crippen LogP contribution >= 0.6 is 15.9 Å². The topological polar surface area (TPSA) is 38.3 Å². The van der Waals surface area contributed by atoms with Gasteiger partial charge in [-0.05, 0) is 60.9 Å². The Bertz CT molecular complexity index is 749. The quantitative estimate of drug-likeness (QED) is 0.791. The summed E-state index contributed by atoms with van der Waals surface area (Å²) >= 11 is 3.51. The van der Waals surface area contributed by atoms with Gasteiger partial charge in [-0.25, -0.2) is 4.79 Å². The van der Waals surface area contributed by atoms with Crippen LogP contribution in [0.4, 0.5) is 5.69 Å². The average molecular weight is 372 g/mol. The van der Waals surface area contributed by atoms with Crippen LogP contribution in [0.2, 0.25) is 0 Å². The van der Waals surface area contributed by atoms with E-state index in [0.29, 0.717) is 0 Å². The van der Waals surface area contributed by atoms with Crippen LogP contribution in [-0.4, -0.2) is 12.1 Å². The van der Waals surface area contributed by atoms with E-state index in [0.717, 1.165) is 15.7 Å². The van der Waals surface area contributed by atoms with Gasteiger partial charge in [-0.1, -0.05) is 34.1 Å². The molecular formula is C19H18BrNO2. The molecule has 0 radical (unpaired) electrons. The van der Waals surface area contributed by atoms with Crippen LogP contribution in [-0.2, 0) is 9.53 Å². The molecule has 0 saturated carbocycles. The van der Waals surface area contributed by atoms with E-state index >= 15 is 0 Å². The predicted molar refractivity (Wildman–Crippen MR) is 95.4 cm³/mol. The number of rotatable bonds is 4. The molecule has 0 saturated heterocycles. The molecule has 0 bridgehead atoms. The highest BCUT2D eigenvalue weighted by molar-refractivity contribution is 9.10. The van der Waals surface area contributed by atoms with Gasteiger partial charge in [0.2, 0.25) is 0 Å². The first-order chi connectivity index (χ1) is 11.0. The molecule has 1 aliphatic rings. The Hall–Kier alpha value is -2.07. The first-order valence-corrected chi connectivity index (χ1v) is 8.30. The highest BCUT2D eigenvalue weighted by atomic mass is 79.9. The summed E-state index contributed by atoms with van der Waals surface area (Å²) in [6, 6.07) is 14.2. The molecule has 118 valence electrons. The van der Waals surface area contributed by atoms with Crippen molar-refractivity contribution in [2.24, 2.45) is 0 Å². The van der Waals surface area contributed by atoms with Crippen molar-refractivity contribution in [2.45, 2.75) is 26.0 Å². The summed E-state index contributed by atoms with van der Waals surface area (Å²) < 4.78 is 6.42. The number of carbonyl (C=O) groups excluding carboxylic acids is 1. The number of anilines is 1. The van der Waals surface area contributed by atoms with Crippen LogP contribution in [0.3, 0.4) is 0 Å². The molecule has 0 aromatic heterocycles. The van der Waals surface area contributed by atoms with E-state index in [1.165, 1.54) is 17.2 Å². The van der Waals surface area contributed by atoms with Gasteiger partial charge in [0.25, 0.3) is 0 Å². The third-order valence-corrected chi connectivity index (χ3v) is 4.25. The van der Waals surface area contributed by atoms with Gasteiger partial charge < -0.3 is 10.1 Å². The summed E-state index contributed by atoms with van der Waals surface area (Å²) in [6.07, 6.45) is 2.97. The first-order valence-electron chi connectivity index (χ1n) is 7.50. The first kappa shape index (κ1) is 15.8. The van der Waals surface area contributed by atoms with E-state index in [1.807, 2.05) is 30.3 Å².